The Morgan fingerprint density at radius 2 is 1.66 bits per heavy atom. The number of carbonyl (C=O) groups excluding carboxylic acids is 2. The van der Waals surface area contributed by atoms with E-state index in [9.17, 15) is 48.7 Å². The molecule has 3 aromatic rings. The minimum atomic E-state index is -5.63. The van der Waals surface area contributed by atoms with Crippen molar-refractivity contribution < 1.29 is 67.4 Å². The maximum atomic E-state index is 14.7. The summed E-state index contributed by atoms with van der Waals surface area (Å²) >= 11 is 0. The number of rotatable bonds is 7. The van der Waals surface area contributed by atoms with Gasteiger partial charge < -0.3 is 28.8 Å². The highest BCUT2D eigenvalue weighted by atomic mass is 32.2. The van der Waals surface area contributed by atoms with E-state index in [1.54, 1.807) is 0 Å². The number of hydrogen-bond acceptors (Lipinski definition) is 10. The number of halogens is 7. The van der Waals surface area contributed by atoms with Crippen molar-refractivity contribution in [2.45, 2.75) is 62.2 Å². The molecule has 12 nitrogen and oxygen atoms in total. The largest absolute Gasteiger partial charge is 0.573 e. The third kappa shape index (κ3) is 7.92. The van der Waals surface area contributed by atoms with Gasteiger partial charge in [-0.1, -0.05) is 12.1 Å². The van der Waals surface area contributed by atoms with Crippen molar-refractivity contribution in [1.29, 1.82) is 0 Å². The van der Waals surface area contributed by atoms with E-state index in [4.69, 9.17) is 9.15 Å². The van der Waals surface area contributed by atoms with Gasteiger partial charge in [0, 0.05) is 12.7 Å². The van der Waals surface area contributed by atoms with Gasteiger partial charge in [0.1, 0.15) is 17.4 Å². The van der Waals surface area contributed by atoms with Crippen LogP contribution in [-0.2, 0) is 36.5 Å². The van der Waals surface area contributed by atoms with Gasteiger partial charge in [0.05, 0.1) is 22.9 Å². The average Bonchev–Trinajstić information content (AvgIpc) is 3.41. The maximum Gasteiger partial charge on any atom is 0.573 e. The molecule has 20 heteroatoms. The Hall–Kier alpha value is -4.46. The van der Waals surface area contributed by atoms with Crippen LogP contribution in [0.1, 0.15) is 32.2 Å². The number of benzene rings is 2. The van der Waals surface area contributed by atoms with Gasteiger partial charge in [0.2, 0.25) is 5.89 Å². The number of alkyl halides is 7. The molecule has 47 heavy (non-hydrogen) atoms. The molecule has 1 unspecified atom stereocenters. The summed E-state index contributed by atoms with van der Waals surface area (Å²) in [6.45, 7) is 4.06. The van der Waals surface area contributed by atoms with Gasteiger partial charge >= 0.3 is 24.5 Å². The number of nitrogens with one attached hydrogen (secondary N) is 1. The summed E-state index contributed by atoms with van der Waals surface area (Å²) in [5, 5.41) is 8.70. The molecule has 0 saturated heterocycles. The number of anilines is 1. The van der Waals surface area contributed by atoms with Crippen molar-refractivity contribution >= 4 is 27.5 Å². The Labute approximate surface area is 261 Å². The predicted octanol–water partition coefficient (Wildman–Crippen LogP) is 5.18. The number of sulfone groups is 1. The van der Waals surface area contributed by atoms with E-state index in [0.717, 1.165) is 47.4 Å². The van der Waals surface area contributed by atoms with Gasteiger partial charge in [-0.3, -0.25) is 4.79 Å². The second kappa shape index (κ2) is 12.3. The molecule has 1 N–H and O–H groups in total. The fourth-order valence-electron chi connectivity index (χ4n) is 4.30. The second-order valence-electron chi connectivity index (χ2n) is 11.0. The van der Waals surface area contributed by atoms with Crippen LogP contribution in [0.25, 0.3) is 11.5 Å². The van der Waals surface area contributed by atoms with Gasteiger partial charge in [0.25, 0.3) is 11.8 Å². The first-order chi connectivity index (χ1) is 21.5. The predicted molar refractivity (Wildman–Crippen MR) is 145 cm³/mol. The lowest BCUT2D eigenvalue weighted by atomic mass is 10.1. The number of nitrogens with zero attached hydrogens (tertiary/aromatic N) is 3. The molecule has 0 spiro atoms. The van der Waals surface area contributed by atoms with Crippen LogP contribution in [0.15, 0.2) is 51.8 Å². The number of methoxy groups -OCH3 is 1. The van der Waals surface area contributed by atoms with E-state index in [-0.39, 0.29) is 16.8 Å². The number of alkyl carbamates (subject to hydrolysis) is 1. The summed E-state index contributed by atoms with van der Waals surface area (Å²) in [6.07, 6.45) is -11.8. The van der Waals surface area contributed by atoms with E-state index in [0.29, 0.717) is 7.11 Å². The third-order valence-corrected chi connectivity index (χ3v) is 8.10. The molecule has 0 fully saturated rings. The summed E-state index contributed by atoms with van der Waals surface area (Å²) < 4.78 is 137. The Morgan fingerprint density at radius 1 is 1.02 bits per heavy atom. The molecule has 4 rings (SSSR count). The monoisotopic (exact) mass is 698 g/mol. The van der Waals surface area contributed by atoms with Crippen LogP contribution in [0.5, 0.6) is 5.75 Å². The zero-order chi connectivity index (χ0) is 35.2. The summed E-state index contributed by atoms with van der Waals surface area (Å²) in [5.41, 5.74) is -1.52. The van der Waals surface area contributed by atoms with E-state index >= 15 is 0 Å². The van der Waals surface area contributed by atoms with Gasteiger partial charge in [-0.25, -0.2) is 13.2 Å². The molecule has 0 saturated carbocycles. The molecule has 256 valence electrons. The van der Waals surface area contributed by atoms with Crippen molar-refractivity contribution in [3.63, 3.8) is 0 Å². The second-order valence-corrected chi connectivity index (χ2v) is 13.0. The Balaban J connectivity index is 1.81. The molecule has 1 aliphatic heterocycles. The number of hydrogen-bond donors (Lipinski definition) is 1. The van der Waals surface area contributed by atoms with Crippen molar-refractivity contribution in [3.8, 4) is 17.2 Å². The van der Waals surface area contributed by atoms with Crippen molar-refractivity contribution in [3.05, 3.63) is 53.9 Å². The van der Waals surface area contributed by atoms with Gasteiger partial charge in [-0.2, -0.15) is 17.6 Å². The van der Waals surface area contributed by atoms with Crippen LogP contribution in [-0.4, -0.2) is 67.7 Å². The molecule has 2 heterocycles. The zero-order valence-corrected chi connectivity index (χ0v) is 25.5. The fraction of sp³-hybridized carbons (Fsp3) is 0.407. The molecule has 2 aromatic carbocycles. The quantitative estimate of drug-likeness (QED) is 0.327. The summed E-state index contributed by atoms with van der Waals surface area (Å²) in [4.78, 5) is 26.8. The molecule has 2 amide bonds. The lowest BCUT2D eigenvalue weighted by Crippen LogP contribution is -2.51. The SMILES string of the molecule is COC(F)(c1nnc(-c2ccc3c(c2)N(Cc2ccc(OC(F)(F)F)cc2)C(=O)[C@@H](NC(=O)OC(C)(C)C)CS3(=O)=O)o1)C(F)(F)F. The first-order valence-corrected chi connectivity index (χ1v) is 14.9. The van der Waals surface area contributed by atoms with E-state index in [2.05, 4.69) is 25.0 Å². The lowest BCUT2D eigenvalue weighted by Gasteiger charge is -2.27. The molecular formula is C27H25F7N4O8S. The van der Waals surface area contributed by atoms with Crippen LogP contribution >= 0.6 is 0 Å². The highest BCUT2D eigenvalue weighted by molar-refractivity contribution is 7.91. The standard InChI is InChI=1S/C27H25F7N4O8S/c1-24(2,3)46-23(40)35-17-13-47(41,42)19-10-7-15(20-36-37-22(44-20)25(28,43-4)26(29,30)31)11-18(19)38(21(17)39)12-14-5-8-16(9-6-14)45-27(32,33)34/h5-11,17H,12-13H2,1-4H3,(H,35,40)/t17-,25?/m0/s1. The normalized spacial score (nSPS) is 18.1. The topological polar surface area (TPSA) is 150 Å². The number of ether oxygens (including phenoxy) is 3. The van der Waals surface area contributed by atoms with Gasteiger partial charge in [-0.15, -0.1) is 23.4 Å². The highest BCUT2D eigenvalue weighted by Crippen LogP contribution is 2.43. The molecule has 1 aromatic heterocycles. The van der Waals surface area contributed by atoms with Crippen LogP contribution in [0, 0.1) is 0 Å². The molecule has 0 radical (unpaired) electrons. The smallest absolute Gasteiger partial charge is 0.444 e. The molecule has 1 aliphatic rings. The number of amides is 2. The lowest BCUT2D eigenvalue weighted by molar-refractivity contribution is -0.341. The van der Waals surface area contributed by atoms with Crippen LogP contribution in [0.2, 0.25) is 0 Å². The first kappa shape index (κ1) is 35.4. The van der Waals surface area contributed by atoms with Crippen LogP contribution in [0.3, 0.4) is 0 Å². The highest BCUT2D eigenvalue weighted by Gasteiger charge is 2.62. The Kier molecular flexibility index (Phi) is 9.25. The summed E-state index contributed by atoms with van der Waals surface area (Å²) in [5.74, 6) is -9.41. The number of fused-ring (bicyclic) bond motifs is 1. The minimum Gasteiger partial charge on any atom is -0.444 e. The first-order valence-electron chi connectivity index (χ1n) is 13.2. The molecule has 0 aliphatic carbocycles. The average molecular weight is 699 g/mol. The van der Waals surface area contributed by atoms with Crippen LogP contribution in [0.4, 0.5) is 41.2 Å². The Bertz CT molecular complexity index is 1760. The fourth-order valence-corrected chi connectivity index (χ4v) is 5.91. The van der Waals surface area contributed by atoms with E-state index in [1.807, 2.05) is 0 Å². The minimum absolute atomic E-state index is 0.159. The number of carbonyl (C=O) groups is 2. The van der Waals surface area contributed by atoms with Gasteiger partial charge in [0.15, 0.2) is 9.84 Å². The molecule has 0 bridgehead atoms. The zero-order valence-electron chi connectivity index (χ0n) is 24.7. The summed E-state index contributed by atoms with van der Waals surface area (Å²) in [7, 11) is -4.00. The van der Waals surface area contributed by atoms with Crippen LogP contribution < -0.4 is 15.0 Å². The van der Waals surface area contributed by atoms with E-state index < -0.39 is 86.6 Å². The van der Waals surface area contributed by atoms with Crippen molar-refractivity contribution in [2.24, 2.45) is 0 Å². The maximum absolute atomic E-state index is 14.7. The van der Waals surface area contributed by atoms with Crippen molar-refractivity contribution in [1.82, 2.24) is 15.5 Å². The molecule has 2 atom stereocenters. The number of aromatic nitrogens is 2. The van der Waals surface area contributed by atoms with Gasteiger partial charge in [-0.05, 0) is 56.7 Å². The molecular weight excluding hydrogens is 673 g/mol. The third-order valence-electron chi connectivity index (χ3n) is 6.32. The Morgan fingerprint density at radius 3 is 2.21 bits per heavy atom. The van der Waals surface area contributed by atoms with E-state index in [1.165, 1.54) is 20.8 Å². The van der Waals surface area contributed by atoms with Crippen molar-refractivity contribution in [2.75, 3.05) is 17.8 Å². The summed E-state index contributed by atoms with van der Waals surface area (Å²) in [6, 6.07) is 5.45.